The predicted octanol–water partition coefficient (Wildman–Crippen LogP) is 0.641. The van der Waals surface area contributed by atoms with Crippen molar-refractivity contribution in [3.8, 4) is 0 Å². The Bertz CT molecular complexity index is 907. The van der Waals surface area contributed by atoms with Crippen LogP contribution in [-0.2, 0) is 13.6 Å². The molecule has 0 radical (unpaired) electrons. The minimum atomic E-state index is -1.05. The number of rotatable bonds is 3. The quantitative estimate of drug-likeness (QED) is 0.761. The molecule has 0 amide bonds. The van der Waals surface area contributed by atoms with Crippen molar-refractivity contribution in [1.82, 2.24) is 24.3 Å². The largest absolute Gasteiger partial charge is 0.477 e. The molecule has 0 aromatic carbocycles. The van der Waals surface area contributed by atoms with Crippen molar-refractivity contribution < 1.29 is 9.90 Å². The molecule has 0 aliphatic carbocycles. The molecule has 9 heteroatoms. The number of aromatic carboxylic acids is 1. The van der Waals surface area contributed by atoms with Gasteiger partial charge in [-0.2, -0.15) is 0 Å². The highest BCUT2D eigenvalue weighted by molar-refractivity contribution is 7.20. The van der Waals surface area contributed by atoms with Crippen LogP contribution in [0.1, 0.15) is 21.1 Å². The summed E-state index contributed by atoms with van der Waals surface area (Å²) in [7, 11) is 1.78. The van der Waals surface area contributed by atoms with E-state index in [4.69, 9.17) is 5.11 Å². The van der Waals surface area contributed by atoms with E-state index in [0.717, 1.165) is 11.3 Å². The fourth-order valence-electron chi connectivity index (χ4n) is 2.08. The molecule has 0 spiro atoms. The van der Waals surface area contributed by atoms with Gasteiger partial charge in [0, 0.05) is 7.05 Å². The molecular weight excluding hydrogens is 294 g/mol. The average molecular weight is 305 g/mol. The van der Waals surface area contributed by atoms with Crippen LogP contribution in [-0.4, -0.2) is 35.4 Å². The summed E-state index contributed by atoms with van der Waals surface area (Å²) in [6.45, 7) is 1.86. The fourth-order valence-corrected chi connectivity index (χ4v) is 3.06. The van der Waals surface area contributed by atoms with Gasteiger partial charge in [0.05, 0.1) is 18.3 Å². The van der Waals surface area contributed by atoms with Crippen LogP contribution in [0.3, 0.4) is 0 Å². The molecule has 3 rings (SSSR count). The maximum Gasteiger partial charge on any atom is 0.346 e. The minimum absolute atomic E-state index is 0.144. The number of hydrogen-bond acceptors (Lipinski definition) is 6. The van der Waals surface area contributed by atoms with Gasteiger partial charge in [-0.25, -0.2) is 9.78 Å². The third-order valence-electron chi connectivity index (χ3n) is 3.23. The van der Waals surface area contributed by atoms with Gasteiger partial charge in [0.1, 0.15) is 16.0 Å². The number of aromatic nitrogens is 5. The number of carbonyl (C=O) groups is 1. The molecule has 0 atom stereocenters. The summed E-state index contributed by atoms with van der Waals surface area (Å²) >= 11 is 1.01. The van der Waals surface area contributed by atoms with Gasteiger partial charge >= 0.3 is 5.97 Å². The molecule has 0 bridgehead atoms. The summed E-state index contributed by atoms with van der Waals surface area (Å²) in [5.74, 6) is -0.431. The Labute approximate surface area is 122 Å². The highest BCUT2D eigenvalue weighted by Crippen LogP contribution is 2.26. The van der Waals surface area contributed by atoms with Gasteiger partial charge in [-0.1, -0.05) is 0 Å². The predicted molar refractivity (Wildman–Crippen MR) is 75.7 cm³/mol. The zero-order chi connectivity index (χ0) is 15.1. The molecule has 3 aromatic rings. The van der Waals surface area contributed by atoms with Gasteiger partial charge in [0.25, 0.3) is 5.56 Å². The lowest BCUT2D eigenvalue weighted by Crippen LogP contribution is -2.22. The van der Waals surface area contributed by atoms with Crippen molar-refractivity contribution in [2.24, 2.45) is 7.05 Å². The monoisotopic (exact) mass is 305 g/mol. The first-order chi connectivity index (χ1) is 9.99. The van der Waals surface area contributed by atoms with Crippen LogP contribution in [0, 0.1) is 6.92 Å². The van der Waals surface area contributed by atoms with E-state index in [2.05, 4.69) is 15.2 Å². The van der Waals surface area contributed by atoms with Crippen molar-refractivity contribution in [2.75, 3.05) is 0 Å². The summed E-state index contributed by atoms with van der Waals surface area (Å²) in [6.07, 6.45) is 2.95. The fraction of sp³-hybridized carbons (Fsp3) is 0.250. The topological polar surface area (TPSA) is 103 Å². The minimum Gasteiger partial charge on any atom is -0.477 e. The summed E-state index contributed by atoms with van der Waals surface area (Å²) in [5, 5.41) is 17.2. The Hall–Kier alpha value is -2.55. The summed E-state index contributed by atoms with van der Waals surface area (Å²) in [5.41, 5.74) is 0.177. The van der Waals surface area contributed by atoms with E-state index in [1.165, 1.54) is 10.9 Å². The third kappa shape index (κ3) is 2.11. The van der Waals surface area contributed by atoms with Crippen LogP contribution in [0.4, 0.5) is 0 Å². The Balaban J connectivity index is 2.16. The van der Waals surface area contributed by atoms with Gasteiger partial charge in [-0.05, 0) is 12.5 Å². The normalized spacial score (nSPS) is 11.1. The van der Waals surface area contributed by atoms with E-state index in [9.17, 15) is 9.59 Å². The molecule has 3 aromatic heterocycles. The van der Waals surface area contributed by atoms with Gasteiger partial charge in [-0.15, -0.1) is 21.5 Å². The second-order valence-electron chi connectivity index (χ2n) is 4.58. The van der Waals surface area contributed by atoms with Crippen LogP contribution >= 0.6 is 11.3 Å². The first-order valence-electron chi connectivity index (χ1n) is 6.03. The smallest absolute Gasteiger partial charge is 0.346 e. The molecule has 8 nitrogen and oxygen atoms in total. The molecule has 0 aliphatic heterocycles. The maximum atomic E-state index is 12.5. The SMILES string of the molecule is Cc1c(C(=O)O)sc2ncn(Cc3nncn3C)c(=O)c12. The second kappa shape index (κ2) is 4.77. The average Bonchev–Trinajstić information content (AvgIpc) is 2.98. The Morgan fingerprint density at radius 1 is 1.43 bits per heavy atom. The third-order valence-corrected chi connectivity index (χ3v) is 4.42. The van der Waals surface area contributed by atoms with E-state index in [-0.39, 0.29) is 17.0 Å². The Morgan fingerprint density at radius 3 is 2.81 bits per heavy atom. The van der Waals surface area contributed by atoms with Crippen LogP contribution in [0.5, 0.6) is 0 Å². The van der Waals surface area contributed by atoms with E-state index in [1.54, 1.807) is 24.9 Å². The number of hydrogen-bond donors (Lipinski definition) is 1. The van der Waals surface area contributed by atoms with E-state index >= 15 is 0 Å². The second-order valence-corrected chi connectivity index (χ2v) is 5.58. The van der Waals surface area contributed by atoms with E-state index in [0.29, 0.717) is 21.6 Å². The lowest BCUT2D eigenvalue weighted by molar-refractivity contribution is 0.0701. The summed E-state index contributed by atoms with van der Waals surface area (Å²) in [6, 6.07) is 0. The molecule has 0 unspecified atom stereocenters. The molecule has 0 saturated heterocycles. The first kappa shape index (κ1) is 13.4. The van der Waals surface area contributed by atoms with Gasteiger partial charge in [0.2, 0.25) is 0 Å². The number of nitrogens with zero attached hydrogens (tertiary/aromatic N) is 5. The van der Waals surface area contributed by atoms with Crippen LogP contribution in [0.2, 0.25) is 0 Å². The van der Waals surface area contributed by atoms with E-state index < -0.39 is 5.97 Å². The summed E-state index contributed by atoms with van der Waals surface area (Å²) < 4.78 is 3.11. The van der Waals surface area contributed by atoms with Crippen LogP contribution in [0.25, 0.3) is 10.2 Å². The van der Waals surface area contributed by atoms with Crippen LogP contribution in [0.15, 0.2) is 17.4 Å². The molecule has 0 fully saturated rings. The summed E-state index contributed by atoms with van der Waals surface area (Å²) in [4.78, 5) is 28.4. The standard InChI is InChI=1S/C12H11N5O3S/c1-6-8-10(21-9(6)12(19)20)13-4-17(11(8)18)3-7-15-14-5-16(7)2/h4-5H,3H2,1-2H3,(H,19,20). The van der Waals surface area contributed by atoms with Crippen molar-refractivity contribution in [2.45, 2.75) is 13.5 Å². The molecule has 21 heavy (non-hydrogen) atoms. The van der Waals surface area contributed by atoms with Crippen LogP contribution < -0.4 is 5.56 Å². The molecule has 3 heterocycles. The van der Waals surface area contributed by atoms with Gasteiger partial charge < -0.3 is 9.67 Å². The zero-order valence-corrected chi connectivity index (χ0v) is 12.1. The number of carboxylic acid groups (broad SMARTS) is 1. The maximum absolute atomic E-state index is 12.5. The highest BCUT2D eigenvalue weighted by atomic mass is 32.1. The molecule has 108 valence electrons. The Kier molecular flexibility index (Phi) is 3.05. The van der Waals surface area contributed by atoms with E-state index in [1.807, 2.05) is 0 Å². The van der Waals surface area contributed by atoms with Gasteiger partial charge in [-0.3, -0.25) is 9.36 Å². The number of carboxylic acids is 1. The molecule has 1 N–H and O–H groups in total. The van der Waals surface area contributed by atoms with Crippen molar-refractivity contribution in [3.63, 3.8) is 0 Å². The zero-order valence-electron chi connectivity index (χ0n) is 11.3. The number of thiophene rings is 1. The molecule has 0 saturated carbocycles. The first-order valence-corrected chi connectivity index (χ1v) is 6.85. The lowest BCUT2D eigenvalue weighted by Gasteiger charge is -2.04. The number of fused-ring (bicyclic) bond motifs is 1. The molecular formula is C12H11N5O3S. The lowest BCUT2D eigenvalue weighted by atomic mass is 10.2. The molecule has 0 aliphatic rings. The Morgan fingerprint density at radius 2 is 2.19 bits per heavy atom. The van der Waals surface area contributed by atoms with Crippen molar-refractivity contribution in [1.29, 1.82) is 0 Å². The van der Waals surface area contributed by atoms with Crippen molar-refractivity contribution in [3.05, 3.63) is 39.3 Å². The van der Waals surface area contributed by atoms with Gasteiger partial charge in [0.15, 0.2) is 5.82 Å². The number of aryl methyl sites for hydroxylation is 2. The highest BCUT2D eigenvalue weighted by Gasteiger charge is 2.19. The van der Waals surface area contributed by atoms with Crippen molar-refractivity contribution >= 4 is 27.5 Å².